The summed E-state index contributed by atoms with van der Waals surface area (Å²) in [7, 11) is 0. The minimum Gasteiger partial charge on any atom is -0.369 e. The SMILES string of the molecule is Nc1nccn1Cc1ccc(Cl)s1. The van der Waals surface area contributed by atoms with Gasteiger partial charge in [0.15, 0.2) is 5.95 Å². The van der Waals surface area contributed by atoms with E-state index >= 15 is 0 Å². The van der Waals surface area contributed by atoms with E-state index in [0.29, 0.717) is 5.95 Å². The van der Waals surface area contributed by atoms with Gasteiger partial charge in [-0.25, -0.2) is 4.98 Å². The molecule has 2 aromatic heterocycles. The molecule has 0 radical (unpaired) electrons. The lowest BCUT2D eigenvalue weighted by Gasteiger charge is -2.00. The van der Waals surface area contributed by atoms with E-state index < -0.39 is 0 Å². The van der Waals surface area contributed by atoms with E-state index in [0.717, 1.165) is 10.9 Å². The second kappa shape index (κ2) is 3.40. The van der Waals surface area contributed by atoms with Crippen LogP contribution < -0.4 is 5.73 Å². The Hall–Kier alpha value is -1.000. The van der Waals surface area contributed by atoms with E-state index in [1.165, 1.54) is 4.88 Å². The zero-order valence-corrected chi connectivity index (χ0v) is 8.35. The number of nitrogens with two attached hydrogens (primary N) is 1. The normalized spacial score (nSPS) is 10.5. The van der Waals surface area contributed by atoms with Gasteiger partial charge in [0.2, 0.25) is 0 Å². The lowest BCUT2D eigenvalue weighted by Crippen LogP contribution is -2.01. The van der Waals surface area contributed by atoms with E-state index in [-0.39, 0.29) is 0 Å². The number of nitrogen functional groups attached to an aromatic ring is 1. The van der Waals surface area contributed by atoms with E-state index in [1.54, 1.807) is 17.5 Å². The highest BCUT2D eigenvalue weighted by atomic mass is 35.5. The number of aromatic nitrogens is 2. The molecule has 2 aromatic rings. The molecule has 0 spiro atoms. The van der Waals surface area contributed by atoms with Crippen molar-refractivity contribution < 1.29 is 0 Å². The smallest absolute Gasteiger partial charge is 0.200 e. The topological polar surface area (TPSA) is 43.8 Å². The molecule has 3 nitrogen and oxygen atoms in total. The summed E-state index contributed by atoms with van der Waals surface area (Å²) in [5, 5.41) is 0. The third kappa shape index (κ3) is 1.84. The lowest BCUT2D eigenvalue weighted by atomic mass is 10.4. The van der Waals surface area contributed by atoms with Crippen molar-refractivity contribution in [2.24, 2.45) is 0 Å². The Bertz CT molecular complexity index is 407. The summed E-state index contributed by atoms with van der Waals surface area (Å²) >= 11 is 7.36. The molecule has 0 amide bonds. The summed E-state index contributed by atoms with van der Waals surface area (Å²) in [6, 6.07) is 3.88. The molecular weight excluding hydrogens is 206 g/mol. The number of anilines is 1. The van der Waals surface area contributed by atoms with Gasteiger partial charge in [-0.3, -0.25) is 0 Å². The summed E-state index contributed by atoms with van der Waals surface area (Å²) in [6.07, 6.45) is 3.54. The third-order valence-corrected chi connectivity index (χ3v) is 2.92. The second-order valence-electron chi connectivity index (χ2n) is 2.62. The number of hydrogen-bond acceptors (Lipinski definition) is 3. The van der Waals surface area contributed by atoms with Crippen molar-refractivity contribution in [1.29, 1.82) is 0 Å². The van der Waals surface area contributed by atoms with Crippen LogP contribution >= 0.6 is 22.9 Å². The van der Waals surface area contributed by atoms with Gasteiger partial charge in [-0.2, -0.15) is 0 Å². The quantitative estimate of drug-likeness (QED) is 0.832. The number of rotatable bonds is 2. The highest BCUT2D eigenvalue weighted by Gasteiger charge is 2.01. The summed E-state index contributed by atoms with van der Waals surface area (Å²) in [4.78, 5) is 5.11. The molecule has 0 aliphatic carbocycles. The maximum Gasteiger partial charge on any atom is 0.200 e. The van der Waals surface area contributed by atoms with Crippen molar-refractivity contribution in [3.05, 3.63) is 33.7 Å². The van der Waals surface area contributed by atoms with Gasteiger partial charge >= 0.3 is 0 Å². The lowest BCUT2D eigenvalue weighted by molar-refractivity contribution is 0.824. The molecule has 0 aromatic carbocycles. The van der Waals surface area contributed by atoms with E-state index in [2.05, 4.69) is 4.98 Å². The van der Waals surface area contributed by atoms with Crippen LogP contribution in [0, 0.1) is 0 Å². The Labute approximate surface area is 84.8 Å². The number of halogens is 1. The van der Waals surface area contributed by atoms with Crippen molar-refractivity contribution >= 4 is 28.9 Å². The fraction of sp³-hybridized carbons (Fsp3) is 0.125. The molecule has 0 saturated heterocycles. The van der Waals surface area contributed by atoms with Crippen molar-refractivity contribution in [2.75, 3.05) is 5.73 Å². The van der Waals surface area contributed by atoms with E-state index in [4.69, 9.17) is 17.3 Å². The van der Waals surface area contributed by atoms with Gasteiger partial charge in [-0.15, -0.1) is 11.3 Å². The van der Waals surface area contributed by atoms with Crippen LogP contribution in [-0.2, 0) is 6.54 Å². The minimum atomic E-state index is 0.532. The maximum absolute atomic E-state index is 5.80. The molecule has 0 bridgehead atoms. The Kier molecular flexibility index (Phi) is 2.24. The van der Waals surface area contributed by atoms with Gasteiger partial charge in [0.25, 0.3) is 0 Å². The third-order valence-electron chi connectivity index (χ3n) is 1.70. The highest BCUT2D eigenvalue weighted by molar-refractivity contribution is 7.16. The Morgan fingerprint density at radius 3 is 2.92 bits per heavy atom. The second-order valence-corrected chi connectivity index (χ2v) is 4.42. The average Bonchev–Trinajstić information content (AvgIpc) is 2.64. The summed E-state index contributed by atoms with van der Waals surface area (Å²) < 4.78 is 2.68. The van der Waals surface area contributed by atoms with Crippen LogP contribution in [0.15, 0.2) is 24.5 Å². The molecule has 2 N–H and O–H groups in total. The fourth-order valence-electron chi connectivity index (χ4n) is 1.08. The average molecular weight is 214 g/mol. The molecule has 2 heterocycles. The zero-order chi connectivity index (χ0) is 9.26. The number of thiophene rings is 1. The van der Waals surface area contributed by atoms with Crippen LogP contribution in [0.2, 0.25) is 4.34 Å². The van der Waals surface area contributed by atoms with Crippen molar-refractivity contribution in [2.45, 2.75) is 6.54 Å². The largest absolute Gasteiger partial charge is 0.369 e. The van der Waals surface area contributed by atoms with Crippen molar-refractivity contribution in [3.8, 4) is 0 Å². The first-order valence-electron chi connectivity index (χ1n) is 3.76. The molecule has 0 fully saturated rings. The molecule has 5 heteroatoms. The Balaban J connectivity index is 2.19. The van der Waals surface area contributed by atoms with E-state index in [9.17, 15) is 0 Å². The van der Waals surface area contributed by atoms with Crippen LogP contribution in [0.25, 0.3) is 0 Å². The van der Waals surface area contributed by atoms with Gasteiger partial charge in [0, 0.05) is 17.3 Å². The Morgan fingerprint density at radius 2 is 2.38 bits per heavy atom. The van der Waals surface area contributed by atoms with Gasteiger partial charge in [-0.1, -0.05) is 11.6 Å². The molecule has 0 unspecified atom stereocenters. The maximum atomic E-state index is 5.80. The molecule has 0 aliphatic rings. The molecule has 13 heavy (non-hydrogen) atoms. The zero-order valence-electron chi connectivity index (χ0n) is 6.77. The van der Waals surface area contributed by atoms with Crippen LogP contribution in [0.4, 0.5) is 5.95 Å². The number of hydrogen-bond donors (Lipinski definition) is 1. The fourth-order valence-corrected chi connectivity index (χ4v) is 2.17. The Morgan fingerprint density at radius 1 is 1.54 bits per heavy atom. The van der Waals surface area contributed by atoms with Crippen LogP contribution in [0.5, 0.6) is 0 Å². The monoisotopic (exact) mass is 213 g/mol. The van der Waals surface area contributed by atoms with Gasteiger partial charge in [-0.05, 0) is 12.1 Å². The predicted molar refractivity (Wildman–Crippen MR) is 55.1 cm³/mol. The van der Waals surface area contributed by atoms with Gasteiger partial charge in [0.1, 0.15) is 0 Å². The first-order valence-corrected chi connectivity index (χ1v) is 4.96. The standard InChI is InChI=1S/C8H8ClN3S/c9-7-2-1-6(13-7)5-12-4-3-11-8(12)10/h1-4H,5H2,(H2,10,11). The first-order chi connectivity index (χ1) is 6.25. The molecule has 68 valence electrons. The van der Waals surface area contributed by atoms with Gasteiger partial charge < -0.3 is 10.3 Å². The molecule has 2 rings (SSSR count). The van der Waals surface area contributed by atoms with Crippen LogP contribution in [0.3, 0.4) is 0 Å². The van der Waals surface area contributed by atoms with E-state index in [1.807, 2.05) is 22.9 Å². The number of imidazole rings is 1. The summed E-state index contributed by atoms with van der Waals surface area (Å²) in [6.45, 7) is 0.739. The first kappa shape index (κ1) is 8.59. The van der Waals surface area contributed by atoms with Crippen molar-refractivity contribution in [3.63, 3.8) is 0 Å². The summed E-state index contributed by atoms with van der Waals surface area (Å²) in [5.74, 6) is 0.532. The minimum absolute atomic E-state index is 0.532. The summed E-state index contributed by atoms with van der Waals surface area (Å²) in [5.41, 5.74) is 5.62. The van der Waals surface area contributed by atoms with Gasteiger partial charge in [0.05, 0.1) is 10.9 Å². The molecule has 0 atom stereocenters. The van der Waals surface area contributed by atoms with Crippen LogP contribution in [0.1, 0.15) is 4.88 Å². The predicted octanol–water partition coefficient (Wildman–Crippen LogP) is 2.23. The van der Waals surface area contributed by atoms with Crippen molar-refractivity contribution in [1.82, 2.24) is 9.55 Å². The number of nitrogens with zero attached hydrogens (tertiary/aromatic N) is 2. The molecule has 0 aliphatic heterocycles. The molecular formula is C8H8ClN3S. The highest BCUT2D eigenvalue weighted by Crippen LogP contribution is 2.22. The molecule has 0 saturated carbocycles. The van der Waals surface area contributed by atoms with Crippen LogP contribution in [-0.4, -0.2) is 9.55 Å².